The number of hydrogen-bond donors (Lipinski definition) is 0. The van der Waals surface area contributed by atoms with Gasteiger partial charge in [-0.25, -0.2) is 0 Å². The lowest BCUT2D eigenvalue weighted by molar-refractivity contribution is 0.232. The van der Waals surface area contributed by atoms with Crippen LogP contribution in [0.5, 0.6) is 5.75 Å². The third-order valence-corrected chi connectivity index (χ3v) is 6.49. The van der Waals surface area contributed by atoms with E-state index in [-0.39, 0.29) is 10.9 Å². The van der Waals surface area contributed by atoms with Crippen molar-refractivity contribution in [2.75, 3.05) is 0 Å². The van der Waals surface area contributed by atoms with Gasteiger partial charge >= 0.3 is 0 Å². The van der Waals surface area contributed by atoms with Crippen molar-refractivity contribution in [3.05, 3.63) is 50.1 Å². The summed E-state index contributed by atoms with van der Waals surface area (Å²) in [5.74, 6) is 1.02. The first-order valence-corrected chi connectivity index (χ1v) is 8.32. The summed E-state index contributed by atoms with van der Waals surface area (Å²) in [6.07, 6.45) is 1.15. The second-order valence-electron chi connectivity index (χ2n) is 4.44. The zero-order valence-corrected chi connectivity index (χ0v) is 13.8. The Kier molecular flexibility index (Phi) is 3.52. The van der Waals surface area contributed by atoms with E-state index < -0.39 is 0 Å². The Morgan fingerprint density at radius 1 is 1.39 bits per heavy atom. The summed E-state index contributed by atoms with van der Waals surface area (Å²) in [6, 6.07) is 10.4. The van der Waals surface area contributed by atoms with Gasteiger partial charge in [0.2, 0.25) is 0 Å². The van der Waals surface area contributed by atoms with Gasteiger partial charge in [0, 0.05) is 20.6 Å². The highest BCUT2D eigenvalue weighted by atomic mass is 79.9. The minimum atomic E-state index is 0.178. The molecule has 0 spiro atoms. The predicted octanol–water partition coefficient (Wildman–Crippen LogP) is 5.26. The number of aryl methyl sites for hydroxylation is 1. The van der Waals surface area contributed by atoms with Crippen molar-refractivity contribution in [2.24, 2.45) is 0 Å². The van der Waals surface area contributed by atoms with Crippen LogP contribution in [0, 0.1) is 6.92 Å². The minimum Gasteiger partial charge on any atom is -0.488 e. The van der Waals surface area contributed by atoms with Crippen LogP contribution in [0.25, 0.3) is 0 Å². The first-order chi connectivity index (χ1) is 8.65. The molecule has 2 unspecified atom stereocenters. The molecule has 0 N–H and O–H groups in total. The van der Waals surface area contributed by atoms with E-state index in [1.54, 1.807) is 0 Å². The van der Waals surface area contributed by atoms with Crippen molar-refractivity contribution < 1.29 is 4.74 Å². The van der Waals surface area contributed by atoms with E-state index >= 15 is 0 Å². The summed E-state index contributed by atoms with van der Waals surface area (Å²) in [6.45, 7) is 2.13. The highest BCUT2D eigenvalue weighted by Crippen LogP contribution is 2.43. The van der Waals surface area contributed by atoms with E-state index in [9.17, 15) is 0 Å². The van der Waals surface area contributed by atoms with E-state index in [0.717, 1.165) is 12.2 Å². The van der Waals surface area contributed by atoms with Crippen LogP contribution in [0.4, 0.5) is 0 Å². The molecule has 1 aromatic heterocycles. The van der Waals surface area contributed by atoms with Crippen LogP contribution in [0.2, 0.25) is 0 Å². The van der Waals surface area contributed by atoms with Crippen LogP contribution in [0.15, 0.2) is 34.8 Å². The maximum absolute atomic E-state index is 6.03. The van der Waals surface area contributed by atoms with Gasteiger partial charge in [-0.1, -0.05) is 34.1 Å². The topological polar surface area (TPSA) is 9.23 Å². The monoisotopic (exact) mass is 386 g/mol. The van der Waals surface area contributed by atoms with Gasteiger partial charge in [-0.3, -0.25) is 0 Å². The van der Waals surface area contributed by atoms with Gasteiger partial charge in [0.25, 0.3) is 0 Å². The summed E-state index contributed by atoms with van der Waals surface area (Å²) < 4.78 is 7.20. The Bertz CT molecular complexity index is 554. The van der Waals surface area contributed by atoms with Crippen LogP contribution in [-0.2, 0) is 6.42 Å². The van der Waals surface area contributed by atoms with Crippen LogP contribution in [0.1, 0.15) is 20.1 Å². The van der Waals surface area contributed by atoms with Crippen LogP contribution < -0.4 is 4.74 Å². The maximum atomic E-state index is 6.03. The average Bonchev–Trinajstić information content (AvgIpc) is 2.91. The molecular formula is C14H12Br2OS. The molecule has 0 amide bonds. The van der Waals surface area contributed by atoms with E-state index in [4.69, 9.17) is 4.74 Å². The molecule has 0 bridgehead atoms. The highest BCUT2D eigenvalue weighted by molar-refractivity contribution is 9.11. The molecule has 3 rings (SSSR count). The predicted molar refractivity (Wildman–Crippen MR) is 83.0 cm³/mol. The molecule has 0 fully saturated rings. The molecule has 1 aliphatic rings. The van der Waals surface area contributed by atoms with Crippen molar-refractivity contribution in [1.29, 1.82) is 0 Å². The second-order valence-corrected chi connectivity index (χ2v) is 7.57. The number of thiophene rings is 1. The van der Waals surface area contributed by atoms with E-state index in [0.29, 0.717) is 0 Å². The lowest BCUT2D eigenvalue weighted by atomic mass is 10.1. The van der Waals surface area contributed by atoms with Crippen LogP contribution in [-0.4, -0.2) is 6.10 Å². The van der Waals surface area contributed by atoms with Crippen LogP contribution in [0.3, 0.4) is 0 Å². The van der Waals surface area contributed by atoms with Crippen molar-refractivity contribution in [2.45, 2.75) is 24.3 Å². The molecule has 1 aromatic carbocycles. The van der Waals surface area contributed by atoms with Gasteiger partial charge in [0.15, 0.2) is 0 Å². The normalized spacial score (nSPS) is 19.4. The fraction of sp³-hybridized carbons (Fsp3) is 0.286. The lowest BCUT2D eigenvalue weighted by Gasteiger charge is -2.16. The number of hydrogen-bond acceptors (Lipinski definition) is 2. The highest BCUT2D eigenvalue weighted by Gasteiger charge is 2.31. The van der Waals surface area contributed by atoms with E-state index in [2.05, 4.69) is 57.0 Å². The fourth-order valence-electron chi connectivity index (χ4n) is 2.23. The van der Waals surface area contributed by atoms with Crippen LogP contribution >= 0.6 is 43.2 Å². The summed E-state index contributed by atoms with van der Waals surface area (Å²) in [4.78, 5) is 2.86. The second kappa shape index (κ2) is 4.99. The first-order valence-electron chi connectivity index (χ1n) is 5.79. The van der Waals surface area contributed by atoms with Crippen molar-refractivity contribution in [3.8, 4) is 5.75 Å². The molecule has 18 heavy (non-hydrogen) atoms. The largest absolute Gasteiger partial charge is 0.488 e. The quantitative estimate of drug-likeness (QED) is 0.638. The number of benzene rings is 1. The van der Waals surface area contributed by atoms with Gasteiger partial charge in [0.1, 0.15) is 11.9 Å². The summed E-state index contributed by atoms with van der Waals surface area (Å²) >= 11 is 9.23. The Hall–Kier alpha value is -0.320. The van der Waals surface area contributed by atoms with E-state index in [1.165, 1.54) is 19.8 Å². The van der Waals surface area contributed by atoms with Gasteiger partial charge in [-0.05, 0) is 40.5 Å². The van der Waals surface area contributed by atoms with Crippen molar-refractivity contribution in [3.63, 3.8) is 0 Å². The lowest BCUT2D eigenvalue weighted by Crippen LogP contribution is -2.18. The molecule has 4 heteroatoms. The Morgan fingerprint density at radius 2 is 2.17 bits per heavy atom. The molecule has 0 saturated heterocycles. The smallest absolute Gasteiger partial charge is 0.123 e. The van der Waals surface area contributed by atoms with Gasteiger partial charge < -0.3 is 4.74 Å². The third kappa shape index (κ3) is 2.26. The van der Waals surface area contributed by atoms with Gasteiger partial charge in [-0.2, -0.15) is 0 Å². The number of alkyl halides is 1. The fourth-order valence-corrected chi connectivity index (χ4v) is 5.29. The molecule has 0 radical (unpaired) electrons. The molecule has 2 heterocycles. The molecule has 94 valence electrons. The van der Waals surface area contributed by atoms with Gasteiger partial charge in [-0.15, -0.1) is 11.3 Å². The summed E-state index contributed by atoms with van der Waals surface area (Å²) in [5.41, 5.74) is 1.30. The Morgan fingerprint density at radius 3 is 2.83 bits per heavy atom. The van der Waals surface area contributed by atoms with Crippen molar-refractivity contribution in [1.82, 2.24) is 0 Å². The Labute approximate surface area is 127 Å². The SMILES string of the molecule is Cc1cc(Br)c(C(Br)C2Cc3ccccc3O2)s1. The molecule has 0 saturated carbocycles. The third-order valence-electron chi connectivity index (χ3n) is 3.09. The number of ether oxygens (including phenoxy) is 1. The zero-order chi connectivity index (χ0) is 12.7. The average molecular weight is 388 g/mol. The molecule has 1 aliphatic heterocycles. The number of halogens is 2. The number of fused-ring (bicyclic) bond motifs is 1. The minimum absolute atomic E-state index is 0.178. The number of rotatable bonds is 2. The molecule has 0 aliphatic carbocycles. The standard InChI is InChI=1S/C14H12Br2OS/c1-8-6-10(15)14(18-8)13(16)12-7-9-4-2-3-5-11(9)17-12/h2-6,12-13H,7H2,1H3. The zero-order valence-electron chi connectivity index (χ0n) is 9.82. The molecule has 1 nitrogen and oxygen atoms in total. The number of para-hydroxylation sites is 1. The van der Waals surface area contributed by atoms with Crippen molar-refractivity contribution >= 4 is 43.2 Å². The molecule has 2 atom stereocenters. The first kappa shape index (κ1) is 12.7. The van der Waals surface area contributed by atoms with Gasteiger partial charge in [0.05, 0.1) is 4.83 Å². The summed E-state index contributed by atoms with van der Waals surface area (Å²) in [5, 5.41) is 0. The summed E-state index contributed by atoms with van der Waals surface area (Å²) in [7, 11) is 0. The molecular weight excluding hydrogens is 376 g/mol. The molecule has 2 aromatic rings. The Balaban J connectivity index is 1.84. The van der Waals surface area contributed by atoms with E-state index in [1.807, 2.05) is 23.5 Å². The maximum Gasteiger partial charge on any atom is 0.123 e.